The highest BCUT2D eigenvalue weighted by Gasteiger charge is 2.61. The number of hydrogen-bond donors (Lipinski definition) is 1. The average Bonchev–Trinajstić information content (AvgIpc) is 2.78. The molecule has 16 heavy (non-hydrogen) atoms. The molecule has 92 valence electrons. The van der Waals surface area contributed by atoms with Gasteiger partial charge in [-0.1, -0.05) is 0 Å². The number of hydrogen-bond acceptors (Lipinski definition) is 3. The highest BCUT2D eigenvalue weighted by molar-refractivity contribution is 7.93. The summed E-state index contributed by atoms with van der Waals surface area (Å²) in [6.07, 6.45) is 2.48. The molecular weight excluding hydrogens is 228 g/mol. The van der Waals surface area contributed by atoms with Gasteiger partial charge < -0.3 is 5.11 Å². The lowest BCUT2D eigenvalue weighted by atomic mass is 9.77. The molecule has 4 nitrogen and oxygen atoms in total. The van der Waals surface area contributed by atoms with Crippen LogP contribution in [0.4, 0.5) is 0 Å². The van der Waals surface area contributed by atoms with Crippen molar-refractivity contribution in [2.75, 3.05) is 5.75 Å². The van der Waals surface area contributed by atoms with Gasteiger partial charge in [0.1, 0.15) is 0 Å². The van der Waals surface area contributed by atoms with Crippen molar-refractivity contribution >= 4 is 15.8 Å². The second kappa shape index (κ2) is 3.22. The third-order valence-electron chi connectivity index (χ3n) is 4.45. The van der Waals surface area contributed by atoms with Crippen molar-refractivity contribution in [2.24, 2.45) is 11.3 Å². The van der Waals surface area contributed by atoms with E-state index in [-0.39, 0.29) is 23.5 Å². The molecule has 1 unspecified atom stereocenters. The summed E-state index contributed by atoms with van der Waals surface area (Å²) in [7, 11) is -3.05. The molecule has 0 aromatic rings. The first-order valence-corrected chi connectivity index (χ1v) is 7.31. The summed E-state index contributed by atoms with van der Waals surface area (Å²) in [5.41, 5.74) is -0.237. The zero-order valence-electron chi connectivity index (χ0n) is 9.69. The number of carboxylic acid groups (broad SMARTS) is 1. The lowest BCUT2D eigenvalue weighted by Gasteiger charge is -2.32. The number of carbonyl (C=O) groups is 1. The molecule has 1 aliphatic heterocycles. The van der Waals surface area contributed by atoms with E-state index < -0.39 is 20.6 Å². The average molecular weight is 246 g/mol. The van der Waals surface area contributed by atoms with Gasteiger partial charge in [-0.2, -0.15) is 0 Å². The summed E-state index contributed by atoms with van der Waals surface area (Å²) in [5, 5.41) is 8.90. The van der Waals surface area contributed by atoms with Crippen LogP contribution in [0.5, 0.6) is 0 Å². The number of aliphatic carboxylic acids is 1. The number of rotatable bonds is 3. The molecule has 2 aliphatic rings. The monoisotopic (exact) mass is 246 g/mol. The fraction of sp³-hybridized carbons (Fsp3) is 0.909. The Hall–Kier alpha value is -0.580. The molecule has 0 spiro atoms. The van der Waals surface area contributed by atoms with Crippen LogP contribution in [0.3, 0.4) is 0 Å². The zero-order chi connectivity index (χ0) is 12.2. The Balaban J connectivity index is 2.27. The standard InChI is InChI=1S/C11H18O4S/c1-10(2)8(3-6-16(10,14)15)11(4-5-11)7-9(12)13/h8H,3-7H2,1-2H3,(H,12,13). The lowest BCUT2D eigenvalue weighted by Crippen LogP contribution is -2.39. The molecule has 5 heteroatoms. The maximum absolute atomic E-state index is 11.9. The molecule has 0 radical (unpaired) electrons. The van der Waals surface area contributed by atoms with Gasteiger partial charge in [0, 0.05) is 0 Å². The molecule has 1 saturated carbocycles. The fourth-order valence-corrected chi connectivity index (χ4v) is 5.13. The topological polar surface area (TPSA) is 71.4 Å². The smallest absolute Gasteiger partial charge is 0.303 e. The van der Waals surface area contributed by atoms with Crippen LogP contribution in [-0.4, -0.2) is 30.0 Å². The van der Waals surface area contributed by atoms with Gasteiger partial charge >= 0.3 is 5.97 Å². The Morgan fingerprint density at radius 2 is 1.94 bits per heavy atom. The molecule has 1 N–H and O–H groups in total. The summed E-state index contributed by atoms with van der Waals surface area (Å²) in [6, 6.07) is 0. The molecule has 0 aromatic heterocycles. The van der Waals surface area contributed by atoms with Gasteiger partial charge in [0.05, 0.1) is 16.9 Å². The third kappa shape index (κ3) is 1.56. The Morgan fingerprint density at radius 1 is 1.38 bits per heavy atom. The predicted molar refractivity (Wildman–Crippen MR) is 59.9 cm³/mol. The van der Waals surface area contributed by atoms with E-state index in [2.05, 4.69) is 0 Å². The number of carboxylic acids is 1. The van der Waals surface area contributed by atoms with Gasteiger partial charge in [-0.15, -0.1) is 0 Å². The zero-order valence-corrected chi connectivity index (χ0v) is 10.5. The van der Waals surface area contributed by atoms with E-state index in [4.69, 9.17) is 5.11 Å². The first kappa shape index (κ1) is 11.9. The first-order chi connectivity index (χ1) is 7.21. The van der Waals surface area contributed by atoms with E-state index in [0.717, 1.165) is 12.8 Å². The van der Waals surface area contributed by atoms with Crippen LogP contribution >= 0.6 is 0 Å². The Morgan fingerprint density at radius 3 is 2.25 bits per heavy atom. The highest BCUT2D eigenvalue weighted by atomic mass is 32.2. The van der Waals surface area contributed by atoms with E-state index in [1.54, 1.807) is 13.8 Å². The van der Waals surface area contributed by atoms with Gasteiger partial charge in [-0.05, 0) is 44.4 Å². The molecule has 1 aliphatic carbocycles. The molecule has 0 aromatic carbocycles. The van der Waals surface area contributed by atoms with E-state index >= 15 is 0 Å². The van der Waals surface area contributed by atoms with Crippen LogP contribution in [0.25, 0.3) is 0 Å². The SMILES string of the molecule is CC1(C)C(C2(CC(=O)O)CC2)CCS1(=O)=O. The molecule has 2 fully saturated rings. The summed E-state index contributed by atoms with van der Waals surface area (Å²) in [5.74, 6) is -0.579. The lowest BCUT2D eigenvalue weighted by molar-refractivity contribution is -0.139. The Kier molecular flexibility index (Phi) is 2.39. The molecule has 1 atom stereocenters. The maximum Gasteiger partial charge on any atom is 0.303 e. The Bertz CT molecular complexity index is 417. The van der Waals surface area contributed by atoms with Crippen LogP contribution in [0, 0.1) is 11.3 Å². The minimum Gasteiger partial charge on any atom is -0.481 e. The summed E-state index contributed by atoms with van der Waals surface area (Å²) >= 11 is 0. The van der Waals surface area contributed by atoms with Crippen molar-refractivity contribution in [1.29, 1.82) is 0 Å². The second-order valence-electron chi connectivity index (χ2n) is 5.70. The van der Waals surface area contributed by atoms with Crippen molar-refractivity contribution < 1.29 is 18.3 Å². The van der Waals surface area contributed by atoms with Crippen LogP contribution in [-0.2, 0) is 14.6 Å². The van der Waals surface area contributed by atoms with Crippen LogP contribution in [0.1, 0.15) is 39.5 Å². The van der Waals surface area contributed by atoms with Gasteiger partial charge in [-0.3, -0.25) is 4.79 Å². The van der Waals surface area contributed by atoms with Gasteiger partial charge in [0.25, 0.3) is 0 Å². The molecule has 2 rings (SSSR count). The molecule has 1 saturated heterocycles. The van der Waals surface area contributed by atoms with E-state index in [1.807, 2.05) is 0 Å². The quantitative estimate of drug-likeness (QED) is 0.818. The van der Waals surface area contributed by atoms with Crippen molar-refractivity contribution in [3.05, 3.63) is 0 Å². The minimum atomic E-state index is -3.05. The number of sulfone groups is 1. The van der Waals surface area contributed by atoms with Crippen molar-refractivity contribution in [3.8, 4) is 0 Å². The highest BCUT2D eigenvalue weighted by Crippen LogP contribution is 2.62. The molecular formula is C11H18O4S. The third-order valence-corrected chi connectivity index (χ3v) is 7.11. The predicted octanol–water partition coefficient (Wildman–Crippen LogP) is 1.45. The summed E-state index contributed by atoms with van der Waals surface area (Å²) in [6.45, 7) is 3.50. The minimum absolute atomic E-state index is 0.0149. The fourth-order valence-electron chi connectivity index (χ4n) is 3.25. The van der Waals surface area contributed by atoms with Crippen LogP contribution in [0.15, 0.2) is 0 Å². The van der Waals surface area contributed by atoms with Crippen molar-refractivity contribution in [1.82, 2.24) is 0 Å². The largest absolute Gasteiger partial charge is 0.481 e. The van der Waals surface area contributed by atoms with E-state index in [0.29, 0.717) is 6.42 Å². The van der Waals surface area contributed by atoms with E-state index in [1.165, 1.54) is 0 Å². The maximum atomic E-state index is 11.9. The molecule has 1 heterocycles. The van der Waals surface area contributed by atoms with Crippen LogP contribution in [0.2, 0.25) is 0 Å². The van der Waals surface area contributed by atoms with Crippen molar-refractivity contribution in [3.63, 3.8) is 0 Å². The van der Waals surface area contributed by atoms with Gasteiger partial charge in [0.2, 0.25) is 0 Å². The second-order valence-corrected chi connectivity index (χ2v) is 8.39. The normalized spacial score (nSPS) is 33.5. The van der Waals surface area contributed by atoms with Gasteiger partial charge in [-0.25, -0.2) is 8.42 Å². The van der Waals surface area contributed by atoms with Crippen LogP contribution < -0.4 is 0 Å². The van der Waals surface area contributed by atoms with E-state index in [9.17, 15) is 13.2 Å². The molecule has 0 amide bonds. The molecule has 0 bridgehead atoms. The summed E-state index contributed by atoms with van der Waals surface area (Å²) in [4.78, 5) is 10.8. The van der Waals surface area contributed by atoms with Crippen molar-refractivity contribution in [2.45, 2.75) is 44.3 Å². The Labute approximate surface area is 96.0 Å². The summed E-state index contributed by atoms with van der Waals surface area (Å²) < 4.78 is 23.1. The van der Waals surface area contributed by atoms with Gasteiger partial charge in [0.15, 0.2) is 9.84 Å². The first-order valence-electron chi connectivity index (χ1n) is 5.65.